The molecule has 2 aliphatic rings. The Balaban J connectivity index is 1.15. The maximum atomic E-state index is 13.6. The van der Waals surface area contributed by atoms with E-state index in [0.29, 0.717) is 18.0 Å². The Labute approximate surface area is 200 Å². The standard InChI is InChI=1S/C29H30N4O/c1-20-31-11-12-32(20)19-22-3-2-4-25(15-22)29(34)33-27-7-8-28(33)17-23(16-27)13-21-5-6-24-9-10-30-18-26(24)14-21/h2-6,9-12,14-15,18,23,27-28H,7-8,13,16-17,19H2,1H3/t27-,28-/m0/s1. The highest BCUT2D eigenvalue weighted by Gasteiger charge is 2.43. The van der Waals surface area contributed by atoms with Crippen LogP contribution in [-0.4, -0.2) is 37.4 Å². The molecule has 2 aliphatic heterocycles. The molecule has 4 aromatic rings. The first-order valence-electron chi connectivity index (χ1n) is 12.4. The number of imidazole rings is 1. The first kappa shape index (κ1) is 21.1. The van der Waals surface area contributed by atoms with Crippen molar-refractivity contribution in [3.63, 3.8) is 0 Å². The molecule has 0 saturated carbocycles. The van der Waals surface area contributed by atoms with Crippen molar-refractivity contribution in [2.75, 3.05) is 0 Å². The molecule has 4 heterocycles. The molecule has 5 heteroatoms. The zero-order valence-electron chi connectivity index (χ0n) is 19.6. The van der Waals surface area contributed by atoms with E-state index >= 15 is 0 Å². The van der Waals surface area contributed by atoms with Crippen molar-refractivity contribution in [2.45, 2.75) is 57.7 Å². The monoisotopic (exact) mass is 450 g/mol. The molecule has 0 spiro atoms. The number of pyridine rings is 1. The van der Waals surface area contributed by atoms with Gasteiger partial charge in [-0.1, -0.05) is 24.3 Å². The minimum Gasteiger partial charge on any atom is -0.333 e. The minimum atomic E-state index is 0.201. The molecule has 2 fully saturated rings. The van der Waals surface area contributed by atoms with E-state index in [1.807, 2.05) is 43.8 Å². The highest BCUT2D eigenvalue weighted by molar-refractivity contribution is 5.95. The van der Waals surface area contributed by atoms with Crippen molar-refractivity contribution >= 4 is 16.7 Å². The summed E-state index contributed by atoms with van der Waals surface area (Å²) < 4.78 is 2.11. The summed E-state index contributed by atoms with van der Waals surface area (Å²) in [5.74, 6) is 1.82. The van der Waals surface area contributed by atoms with E-state index in [0.717, 1.165) is 55.6 Å². The van der Waals surface area contributed by atoms with Gasteiger partial charge in [0, 0.05) is 54.4 Å². The fourth-order valence-electron chi connectivity index (χ4n) is 6.10. The quantitative estimate of drug-likeness (QED) is 0.408. The van der Waals surface area contributed by atoms with Gasteiger partial charge in [-0.25, -0.2) is 4.98 Å². The van der Waals surface area contributed by atoms with Gasteiger partial charge >= 0.3 is 0 Å². The second kappa shape index (κ2) is 8.71. The summed E-state index contributed by atoms with van der Waals surface area (Å²) in [4.78, 5) is 24.4. The van der Waals surface area contributed by atoms with E-state index in [-0.39, 0.29) is 5.91 Å². The van der Waals surface area contributed by atoms with Crippen LogP contribution < -0.4 is 0 Å². The lowest BCUT2D eigenvalue weighted by molar-refractivity contribution is 0.0524. The number of benzene rings is 2. The first-order valence-corrected chi connectivity index (χ1v) is 12.4. The van der Waals surface area contributed by atoms with Crippen LogP contribution in [0.5, 0.6) is 0 Å². The predicted octanol–water partition coefficient (Wildman–Crippen LogP) is 5.41. The fourth-order valence-corrected chi connectivity index (χ4v) is 6.10. The molecule has 2 aromatic heterocycles. The number of rotatable bonds is 5. The van der Waals surface area contributed by atoms with Crippen molar-refractivity contribution in [1.29, 1.82) is 0 Å². The summed E-state index contributed by atoms with van der Waals surface area (Å²) in [6.45, 7) is 2.74. The highest BCUT2D eigenvalue weighted by Crippen LogP contribution is 2.41. The summed E-state index contributed by atoms with van der Waals surface area (Å²) in [6.07, 6.45) is 13.1. The number of amides is 1. The fraction of sp³-hybridized carbons (Fsp3) is 0.345. The van der Waals surface area contributed by atoms with E-state index < -0.39 is 0 Å². The molecule has 2 atom stereocenters. The Bertz CT molecular complexity index is 1330. The molecule has 0 unspecified atom stereocenters. The van der Waals surface area contributed by atoms with Gasteiger partial charge in [0.2, 0.25) is 0 Å². The van der Waals surface area contributed by atoms with Crippen LogP contribution in [0, 0.1) is 12.8 Å². The predicted molar refractivity (Wildman–Crippen MR) is 134 cm³/mol. The average molecular weight is 451 g/mol. The first-order chi connectivity index (χ1) is 16.6. The molecule has 0 N–H and O–H groups in total. The molecule has 1 amide bonds. The number of carbonyl (C=O) groups excluding carboxylic acids is 1. The van der Waals surface area contributed by atoms with Gasteiger partial charge in [-0.15, -0.1) is 0 Å². The molecule has 34 heavy (non-hydrogen) atoms. The zero-order valence-corrected chi connectivity index (χ0v) is 19.6. The Morgan fingerprint density at radius 3 is 2.62 bits per heavy atom. The molecule has 0 radical (unpaired) electrons. The van der Waals surface area contributed by atoms with E-state index in [2.05, 4.69) is 55.8 Å². The molecular weight excluding hydrogens is 420 g/mol. The van der Waals surface area contributed by atoms with Gasteiger partial charge in [-0.2, -0.15) is 0 Å². The van der Waals surface area contributed by atoms with Crippen LogP contribution in [0.25, 0.3) is 10.8 Å². The zero-order chi connectivity index (χ0) is 23.1. The third-order valence-corrected chi connectivity index (χ3v) is 7.75. The third-order valence-electron chi connectivity index (χ3n) is 7.75. The van der Waals surface area contributed by atoms with Crippen molar-refractivity contribution in [2.24, 2.45) is 5.92 Å². The van der Waals surface area contributed by atoms with Gasteiger partial charge in [0.25, 0.3) is 5.91 Å². The SMILES string of the molecule is Cc1nccn1Cc1cccc(C(=O)N2[C@H]3CC[C@H]2CC(Cc2ccc4ccncc4c2)C3)c1. The summed E-state index contributed by atoms with van der Waals surface area (Å²) in [5, 5.41) is 2.45. The molecule has 2 aromatic carbocycles. The number of aryl methyl sites for hydroxylation is 1. The molecule has 2 bridgehead atoms. The number of hydrogen-bond acceptors (Lipinski definition) is 3. The minimum absolute atomic E-state index is 0.201. The van der Waals surface area contributed by atoms with E-state index in [1.54, 1.807) is 0 Å². The Morgan fingerprint density at radius 2 is 1.82 bits per heavy atom. The van der Waals surface area contributed by atoms with Crippen LogP contribution in [0.4, 0.5) is 0 Å². The van der Waals surface area contributed by atoms with Crippen LogP contribution in [0.1, 0.15) is 53.0 Å². The van der Waals surface area contributed by atoms with Crippen molar-refractivity contribution in [3.8, 4) is 0 Å². The summed E-state index contributed by atoms with van der Waals surface area (Å²) in [7, 11) is 0. The maximum Gasteiger partial charge on any atom is 0.254 e. The Hall–Kier alpha value is -3.47. The number of aromatic nitrogens is 3. The lowest BCUT2D eigenvalue weighted by Crippen LogP contribution is -2.46. The molecule has 2 saturated heterocycles. The van der Waals surface area contributed by atoms with Gasteiger partial charge in [0.1, 0.15) is 5.82 Å². The smallest absolute Gasteiger partial charge is 0.254 e. The van der Waals surface area contributed by atoms with Crippen LogP contribution >= 0.6 is 0 Å². The Kier molecular flexibility index (Phi) is 5.40. The highest BCUT2D eigenvalue weighted by atomic mass is 16.2. The van der Waals surface area contributed by atoms with Gasteiger partial charge < -0.3 is 9.47 Å². The van der Waals surface area contributed by atoms with Crippen molar-refractivity contribution in [3.05, 3.63) is 95.8 Å². The lowest BCUT2D eigenvalue weighted by atomic mass is 9.85. The average Bonchev–Trinajstić information content (AvgIpc) is 3.38. The summed E-state index contributed by atoms with van der Waals surface area (Å²) in [5.41, 5.74) is 3.33. The molecule has 6 rings (SSSR count). The van der Waals surface area contributed by atoms with Gasteiger partial charge in [-0.05, 0) is 85.7 Å². The second-order valence-corrected chi connectivity index (χ2v) is 10.00. The second-order valence-electron chi connectivity index (χ2n) is 10.00. The van der Waals surface area contributed by atoms with Crippen LogP contribution in [-0.2, 0) is 13.0 Å². The van der Waals surface area contributed by atoms with Gasteiger partial charge in [0.05, 0.1) is 0 Å². The number of hydrogen-bond donors (Lipinski definition) is 0. The molecule has 172 valence electrons. The Morgan fingerprint density at radius 1 is 0.971 bits per heavy atom. The topological polar surface area (TPSA) is 51.0 Å². The van der Waals surface area contributed by atoms with E-state index in [1.165, 1.54) is 16.3 Å². The maximum absolute atomic E-state index is 13.6. The van der Waals surface area contributed by atoms with Gasteiger partial charge in [-0.3, -0.25) is 9.78 Å². The molecular formula is C29H30N4O. The molecule has 0 aliphatic carbocycles. The van der Waals surface area contributed by atoms with Crippen molar-refractivity contribution < 1.29 is 4.79 Å². The van der Waals surface area contributed by atoms with Crippen LogP contribution in [0.3, 0.4) is 0 Å². The number of nitrogens with zero attached hydrogens (tertiary/aromatic N) is 4. The summed E-state index contributed by atoms with van der Waals surface area (Å²) in [6, 6.07) is 17.7. The van der Waals surface area contributed by atoms with Crippen LogP contribution in [0.15, 0.2) is 73.3 Å². The third kappa shape index (κ3) is 4.00. The number of carbonyl (C=O) groups is 1. The number of fused-ring (bicyclic) bond motifs is 3. The van der Waals surface area contributed by atoms with Gasteiger partial charge in [0.15, 0.2) is 0 Å². The largest absolute Gasteiger partial charge is 0.333 e. The lowest BCUT2D eigenvalue weighted by Gasteiger charge is -2.39. The summed E-state index contributed by atoms with van der Waals surface area (Å²) >= 11 is 0. The van der Waals surface area contributed by atoms with Crippen molar-refractivity contribution in [1.82, 2.24) is 19.4 Å². The van der Waals surface area contributed by atoms with Crippen LogP contribution in [0.2, 0.25) is 0 Å². The molecule has 5 nitrogen and oxygen atoms in total. The number of piperidine rings is 1. The van der Waals surface area contributed by atoms with E-state index in [9.17, 15) is 4.79 Å². The normalized spacial score (nSPS) is 21.8. The van der Waals surface area contributed by atoms with E-state index in [4.69, 9.17) is 0 Å².